The quantitative estimate of drug-likeness (QED) is 0.0132. The van der Waals surface area contributed by atoms with Gasteiger partial charge in [-0.3, -0.25) is 38.4 Å². The summed E-state index contributed by atoms with van der Waals surface area (Å²) >= 11 is 0. The number of nitrogens with one attached hydrogen (secondary N) is 8. The molecule has 40 nitrogen and oxygen atoms in total. The third kappa shape index (κ3) is 33.0. The van der Waals surface area contributed by atoms with Crippen molar-refractivity contribution in [1.82, 2.24) is 58.0 Å². The Hall–Kier alpha value is -15.0. The number of rotatable bonds is 34. The van der Waals surface area contributed by atoms with Crippen LogP contribution >= 0.6 is 0 Å². The molecular formula is C104H126N18O22. The molecule has 10 amide bonds. The van der Waals surface area contributed by atoms with Gasteiger partial charge in [-0.15, -0.1) is 0 Å². The van der Waals surface area contributed by atoms with E-state index in [9.17, 15) is 67.7 Å². The fourth-order valence-electron chi connectivity index (χ4n) is 14.0. The number of ketones is 4. The topological polar surface area (TPSA) is 491 Å². The molecule has 4 aromatic carbocycles. The predicted molar refractivity (Wildman–Crippen MR) is 540 cm³/mol. The highest BCUT2D eigenvalue weighted by atomic mass is 16.6. The van der Waals surface area contributed by atoms with Gasteiger partial charge in [0.05, 0.1) is 101 Å². The minimum absolute atomic E-state index is 0.0492. The third-order valence-electron chi connectivity index (χ3n) is 22.1. The van der Waals surface area contributed by atoms with Crippen LogP contribution in [0.2, 0.25) is 0 Å². The van der Waals surface area contributed by atoms with Crippen LogP contribution in [-0.2, 0) is 28.4 Å². The van der Waals surface area contributed by atoms with E-state index in [2.05, 4.69) is 62.5 Å². The monoisotopic (exact) mass is 1980 g/mol. The van der Waals surface area contributed by atoms with Crippen LogP contribution in [0.1, 0.15) is 192 Å². The standard InChI is InChI=1S/C27H35N5O6.C27H34N4O7.C25H29N5O4.C25H28N4O5/c1-27(2,3)24(33)22-18-32-17-21(9-10-23(32)31-22)29-25(34)19-5-7-20(8-6-19)30-26(35)28-11-12-37-15-16-38-14-13-36-4;1-27(2,3)24(32)22-18-31-17-20(7-10-23(31)30-22)29-25(33)19-5-8-21(9-6-19)38-26(34)28-11-12-36-15-16-37-14-13-35-4;1-25(2,3)22(32)20-15-30-14-18(8-9-21(30)28-20)26-23(33)16-4-6-17(7-5-16)27-24(34)29-12-10-19(31)11-13-29;1-25(2,3)22(31)20-15-29-14-17(6-9-21(29)27-20)26-23(32)16-4-7-19(8-5-16)34-24(33)28-12-10-18(30)11-13-28/h5-10,17-18H,11-16H2,1-4H3,(H,29,34)(H2,28,30,35);5-10,17-18H,11-16H2,1-4H3,(H,28,34)(H,29,33);4-9,14-15,19,31H,10-13H2,1-3H3,(H,26,33)(H,27,34);4-9,14-15,18,30H,10-13H2,1-3H3,(H,26,32). The van der Waals surface area contributed by atoms with Crippen molar-refractivity contribution in [3.63, 3.8) is 0 Å². The lowest BCUT2D eigenvalue weighted by molar-refractivity contribution is 0.0257. The van der Waals surface area contributed by atoms with Crippen molar-refractivity contribution in [2.75, 3.05) is 151 Å². The van der Waals surface area contributed by atoms with Crippen molar-refractivity contribution in [2.45, 2.75) is 121 Å². The second-order valence-corrected chi connectivity index (χ2v) is 37.9. The molecule has 8 aromatic heterocycles. The smallest absolute Gasteiger partial charge is 0.410 e. The summed E-state index contributed by atoms with van der Waals surface area (Å²) in [7, 11) is 3.22. The molecule has 0 unspecified atom stereocenters. The zero-order chi connectivity index (χ0) is 104. The Morgan fingerprint density at radius 1 is 0.312 bits per heavy atom. The van der Waals surface area contributed by atoms with Gasteiger partial charge in [0.2, 0.25) is 0 Å². The van der Waals surface area contributed by atoms with Crippen molar-refractivity contribution in [3.05, 3.63) is 240 Å². The van der Waals surface area contributed by atoms with E-state index in [4.69, 9.17) is 37.9 Å². The molecule has 2 saturated heterocycles. The van der Waals surface area contributed by atoms with Crippen LogP contribution in [-0.4, -0.2) is 260 Å². The number of carbonyl (C=O) groups excluding carboxylic acids is 12. The van der Waals surface area contributed by atoms with E-state index in [0.29, 0.717) is 238 Å². The minimum Gasteiger partial charge on any atom is -0.410 e. The first-order chi connectivity index (χ1) is 68.5. The molecule has 2 aliphatic heterocycles. The van der Waals surface area contributed by atoms with Gasteiger partial charge in [0.15, 0.2) is 23.1 Å². The molecule has 14 rings (SSSR count). The number of anilines is 6. The molecule has 2 aliphatic rings. The van der Waals surface area contributed by atoms with Gasteiger partial charge in [-0.2, -0.15) is 0 Å². The Bertz CT molecular complexity index is 6060. The van der Waals surface area contributed by atoms with Crippen LogP contribution < -0.4 is 52.0 Å². The van der Waals surface area contributed by atoms with Crippen molar-refractivity contribution >= 4 is 128 Å². The van der Waals surface area contributed by atoms with Crippen molar-refractivity contribution < 1.29 is 106 Å². The molecule has 0 atom stereocenters. The van der Waals surface area contributed by atoms with E-state index < -0.39 is 33.8 Å². The van der Waals surface area contributed by atoms with Gasteiger partial charge >= 0.3 is 24.2 Å². The van der Waals surface area contributed by atoms with E-state index in [0.717, 1.165) is 0 Å². The maximum Gasteiger partial charge on any atom is 0.415 e. The summed E-state index contributed by atoms with van der Waals surface area (Å²) in [6.45, 7) is 29.2. The average molecular weight is 1980 g/mol. The number of piperidine rings is 2. The zero-order valence-corrected chi connectivity index (χ0v) is 83.3. The molecule has 144 heavy (non-hydrogen) atoms. The van der Waals surface area contributed by atoms with Gasteiger partial charge in [0.1, 0.15) is 56.9 Å². The highest BCUT2D eigenvalue weighted by molar-refractivity contribution is 6.08. The zero-order valence-electron chi connectivity index (χ0n) is 83.3. The fraction of sp³-hybridized carbons (Fsp3) is 0.385. The molecule has 10 heterocycles. The predicted octanol–water partition coefficient (Wildman–Crippen LogP) is 14.8. The maximum atomic E-state index is 12.7. The summed E-state index contributed by atoms with van der Waals surface area (Å²) in [6.07, 6.45) is 13.9. The van der Waals surface area contributed by atoms with Gasteiger partial charge < -0.3 is 118 Å². The molecule has 2 fully saturated rings. The number of urea groups is 2. The van der Waals surface area contributed by atoms with Crippen molar-refractivity contribution in [2.24, 2.45) is 21.7 Å². The number of amides is 10. The fourth-order valence-corrected chi connectivity index (χ4v) is 14.0. The van der Waals surface area contributed by atoms with Crippen LogP contribution in [0, 0.1) is 21.7 Å². The summed E-state index contributed by atoms with van der Waals surface area (Å²) in [6, 6.07) is 38.9. The van der Waals surface area contributed by atoms with E-state index in [-0.39, 0.29) is 77.6 Å². The lowest BCUT2D eigenvalue weighted by Crippen LogP contribution is -2.42. The molecule has 40 heteroatoms. The van der Waals surface area contributed by atoms with Crippen LogP contribution in [0.3, 0.4) is 0 Å². The SMILES string of the molecule is CC(C)(C)C(=O)c1cn2cc(NC(=O)c3ccc(NC(=O)N4CCC(O)CC4)cc3)ccc2n1.CC(C)(C)C(=O)c1cn2cc(NC(=O)c3ccc(OC(=O)N4CCC(O)CC4)cc3)ccc2n1.COCCOCCOCCNC(=O)Nc1ccc(C(=O)Nc2ccc3nc(C(=O)C(C)(C)C)cn3c2)cc1.COCCOCCOCCNC(=O)Oc1ccc(C(=O)Nc2ccc3nc(C(=O)C(C)(C)C)cn3c2)cc1. The Labute approximate surface area is 833 Å². The molecule has 0 saturated carbocycles. The Morgan fingerprint density at radius 2 is 0.583 bits per heavy atom. The molecule has 0 radical (unpaired) electrons. The van der Waals surface area contributed by atoms with Gasteiger partial charge in [-0.25, -0.2) is 39.1 Å². The van der Waals surface area contributed by atoms with E-state index in [1.54, 1.807) is 225 Å². The first-order valence-electron chi connectivity index (χ1n) is 47.0. The normalized spacial score (nSPS) is 13.0. The molecule has 0 bridgehead atoms. The molecule has 12 aromatic rings. The number of aliphatic hydroxyl groups is 2. The summed E-state index contributed by atoms with van der Waals surface area (Å²) in [4.78, 5) is 170. The number of fused-ring (bicyclic) bond motifs is 4. The number of carbonyl (C=O) groups is 12. The number of hydrogen-bond donors (Lipinski definition) is 10. The number of aliphatic hydroxyl groups excluding tert-OH is 2. The first-order valence-corrected chi connectivity index (χ1v) is 47.0. The number of nitrogens with zero attached hydrogens (tertiary/aromatic N) is 10. The van der Waals surface area contributed by atoms with Gasteiger partial charge in [-0.1, -0.05) is 83.1 Å². The molecular weight excluding hydrogens is 1850 g/mol. The lowest BCUT2D eigenvalue weighted by Gasteiger charge is -2.29. The van der Waals surface area contributed by atoms with E-state index >= 15 is 0 Å². The summed E-state index contributed by atoms with van der Waals surface area (Å²) in [5.74, 6) is -0.859. The number of imidazole rings is 4. The highest BCUT2D eigenvalue weighted by Gasteiger charge is 2.31. The number of Topliss-reactive ketones (excluding diaryl/α,β-unsaturated/α-hetero) is 4. The number of benzene rings is 4. The van der Waals surface area contributed by atoms with E-state index in [1.807, 2.05) is 83.1 Å². The van der Waals surface area contributed by atoms with Crippen molar-refractivity contribution in [3.8, 4) is 11.5 Å². The number of ether oxygens (including phenoxy) is 8. The Balaban J connectivity index is 0.000000183. The molecule has 10 N–H and O–H groups in total. The number of hydrogen-bond acceptors (Lipinski definition) is 26. The highest BCUT2D eigenvalue weighted by Crippen LogP contribution is 2.29. The summed E-state index contributed by atoms with van der Waals surface area (Å²) in [5.41, 5.74) is 6.80. The number of pyridine rings is 4. The van der Waals surface area contributed by atoms with Crippen LogP contribution in [0.4, 0.5) is 53.3 Å². The van der Waals surface area contributed by atoms with Crippen molar-refractivity contribution in [1.29, 1.82) is 0 Å². The second-order valence-electron chi connectivity index (χ2n) is 37.9. The molecule has 0 aliphatic carbocycles. The molecule has 0 spiro atoms. The van der Waals surface area contributed by atoms with Gasteiger partial charge in [-0.05, 0) is 171 Å². The average Bonchev–Trinajstić information content (AvgIpc) is 1.67. The Kier molecular flexibility index (Phi) is 38.8. The van der Waals surface area contributed by atoms with Crippen LogP contribution in [0.5, 0.6) is 11.5 Å². The van der Waals surface area contributed by atoms with E-state index in [1.165, 1.54) is 12.1 Å². The molecule has 764 valence electrons. The summed E-state index contributed by atoms with van der Waals surface area (Å²) < 4.78 is 48.5. The maximum absolute atomic E-state index is 12.7. The van der Waals surface area contributed by atoms with Crippen LogP contribution in [0.25, 0.3) is 22.6 Å². The lowest BCUT2D eigenvalue weighted by atomic mass is 9.89. The van der Waals surface area contributed by atoms with Gasteiger partial charge in [0.25, 0.3) is 23.6 Å². The van der Waals surface area contributed by atoms with Crippen LogP contribution in [0.15, 0.2) is 195 Å². The second kappa shape index (κ2) is 51.1. The first kappa shape index (κ1) is 109. The largest absolute Gasteiger partial charge is 0.415 e. The minimum atomic E-state index is -0.625. The number of methoxy groups -OCH3 is 2. The number of likely N-dealkylation sites (tertiary alicyclic amines) is 2. The summed E-state index contributed by atoms with van der Waals surface area (Å²) in [5, 5.41) is 41.3. The number of aromatic nitrogens is 8. The third-order valence-corrected chi connectivity index (χ3v) is 22.1. The Morgan fingerprint density at radius 3 is 0.896 bits per heavy atom. The van der Waals surface area contributed by atoms with Gasteiger partial charge in [0, 0.05) is 158 Å².